The normalized spacial score (nSPS) is 10.2. The molecule has 26 heavy (non-hydrogen) atoms. The van der Waals surface area contributed by atoms with E-state index in [0.29, 0.717) is 24.7 Å². The van der Waals surface area contributed by atoms with Crippen molar-refractivity contribution in [3.63, 3.8) is 0 Å². The minimum Gasteiger partial charge on any atom is -0.490 e. The van der Waals surface area contributed by atoms with Crippen molar-refractivity contribution in [3.05, 3.63) is 29.8 Å². The van der Waals surface area contributed by atoms with Gasteiger partial charge >= 0.3 is 5.97 Å². The first-order valence-corrected chi connectivity index (χ1v) is 8.55. The Morgan fingerprint density at radius 2 is 2.04 bits per heavy atom. The van der Waals surface area contributed by atoms with Crippen molar-refractivity contribution < 1.29 is 23.8 Å². The van der Waals surface area contributed by atoms with Gasteiger partial charge in [0.1, 0.15) is 0 Å². The highest BCUT2D eigenvalue weighted by atomic mass is 16.5. The van der Waals surface area contributed by atoms with E-state index < -0.39 is 11.9 Å². The molecule has 0 fully saturated rings. The third-order valence-corrected chi connectivity index (χ3v) is 3.17. The molecule has 0 aliphatic rings. The summed E-state index contributed by atoms with van der Waals surface area (Å²) in [6, 6.07) is 5.40. The predicted molar refractivity (Wildman–Crippen MR) is 99.8 cm³/mol. The summed E-state index contributed by atoms with van der Waals surface area (Å²) >= 11 is 0. The van der Waals surface area contributed by atoms with Gasteiger partial charge in [0.15, 0.2) is 18.1 Å². The number of unbranched alkanes of at least 4 members (excludes halogenated alkanes) is 1. The van der Waals surface area contributed by atoms with Crippen LogP contribution >= 0.6 is 0 Å². The van der Waals surface area contributed by atoms with Gasteiger partial charge in [0, 0.05) is 6.08 Å². The molecule has 0 aliphatic heterocycles. The Kier molecular flexibility index (Phi) is 10.1. The Balaban J connectivity index is 2.63. The van der Waals surface area contributed by atoms with Crippen molar-refractivity contribution in [1.82, 2.24) is 5.32 Å². The fourth-order valence-corrected chi connectivity index (χ4v) is 1.89. The Labute approximate surface area is 154 Å². The second kappa shape index (κ2) is 12.4. The lowest BCUT2D eigenvalue weighted by atomic mass is 10.2. The first-order valence-electron chi connectivity index (χ1n) is 8.55. The van der Waals surface area contributed by atoms with E-state index in [9.17, 15) is 9.59 Å². The highest BCUT2D eigenvalue weighted by Crippen LogP contribution is 2.29. The maximum Gasteiger partial charge on any atom is 0.331 e. The van der Waals surface area contributed by atoms with E-state index >= 15 is 0 Å². The van der Waals surface area contributed by atoms with E-state index in [1.54, 1.807) is 18.2 Å². The van der Waals surface area contributed by atoms with Gasteiger partial charge in [-0.25, -0.2) is 4.79 Å². The van der Waals surface area contributed by atoms with Gasteiger partial charge in [-0.2, -0.15) is 0 Å². The van der Waals surface area contributed by atoms with Crippen LogP contribution in [0.15, 0.2) is 24.3 Å². The molecule has 0 spiro atoms. The number of hydrogen-bond acceptors (Lipinski definition) is 5. The summed E-state index contributed by atoms with van der Waals surface area (Å²) in [5.41, 5.74) is 0.755. The van der Waals surface area contributed by atoms with E-state index in [0.717, 1.165) is 18.4 Å². The van der Waals surface area contributed by atoms with Crippen molar-refractivity contribution in [1.29, 1.82) is 0 Å². The van der Waals surface area contributed by atoms with Gasteiger partial charge in [-0.05, 0) is 37.1 Å². The summed E-state index contributed by atoms with van der Waals surface area (Å²) in [4.78, 5) is 23.0. The summed E-state index contributed by atoms with van der Waals surface area (Å²) in [7, 11) is 0. The molecule has 1 N–H and O–H groups in total. The number of carbonyl (C=O) groups excluding carboxylic acids is 2. The minimum atomic E-state index is -0.623. The molecule has 140 valence electrons. The van der Waals surface area contributed by atoms with Crippen LogP contribution in [0, 0.1) is 12.3 Å². The van der Waals surface area contributed by atoms with Gasteiger partial charge < -0.3 is 19.5 Å². The predicted octanol–water partition coefficient (Wildman–Crippen LogP) is 2.57. The summed E-state index contributed by atoms with van der Waals surface area (Å²) in [5, 5.41) is 2.40. The number of terminal acetylenes is 1. The van der Waals surface area contributed by atoms with Crippen molar-refractivity contribution in [2.45, 2.75) is 26.7 Å². The van der Waals surface area contributed by atoms with E-state index in [4.69, 9.17) is 20.6 Å². The fourth-order valence-electron chi connectivity index (χ4n) is 1.89. The van der Waals surface area contributed by atoms with Crippen molar-refractivity contribution >= 4 is 18.0 Å². The van der Waals surface area contributed by atoms with Gasteiger partial charge in [0.2, 0.25) is 0 Å². The van der Waals surface area contributed by atoms with E-state index in [1.807, 2.05) is 13.0 Å². The largest absolute Gasteiger partial charge is 0.490 e. The first-order chi connectivity index (χ1) is 12.6. The molecule has 1 amide bonds. The Morgan fingerprint density at radius 1 is 1.23 bits per heavy atom. The number of amides is 1. The van der Waals surface area contributed by atoms with Gasteiger partial charge in [0.05, 0.1) is 19.8 Å². The van der Waals surface area contributed by atoms with Gasteiger partial charge in [0.25, 0.3) is 5.91 Å². The molecular formula is C20H25NO5. The summed E-state index contributed by atoms with van der Waals surface area (Å²) in [5.74, 6) is 2.48. The zero-order valence-corrected chi connectivity index (χ0v) is 15.2. The van der Waals surface area contributed by atoms with Crippen LogP contribution in [-0.2, 0) is 14.3 Å². The van der Waals surface area contributed by atoms with Crippen LogP contribution in [0.3, 0.4) is 0 Å². The number of nitrogens with one attached hydrogen (secondary N) is 1. The molecule has 6 nitrogen and oxygen atoms in total. The second-order valence-electron chi connectivity index (χ2n) is 5.26. The quantitative estimate of drug-likeness (QED) is 0.284. The minimum absolute atomic E-state index is 0.0963. The molecule has 0 heterocycles. The second-order valence-corrected chi connectivity index (χ2v) is 5.26. The standard InChI is InChI=1S/C20H25NO5/c1-4-7-13-25-17-10-8-16(14-18(17)24-6-3)9-11-20(23)26-15-19(22)21-12-5-2/h2,8-11,14H,4,6-7,12-13,15H2,1,3H3,(H,21,22)/b11-9+. The Morgan fingerprint density at radius 3 is 2.73 bits per heavy atom. The smallest absolute Gasteiger partial charge is 0.331 e. The summed E-state index contributed by atoms with van der Waals surface area (Å²) < 4.78 is 16.1. The maximum absolute atomic E-state index is 11.7. The third-order valence-electron chi connectivity index (χ3n) is 3.17. The molecule has 0 saturated carbocycles. The van der Waals surface area contributed by atoms with Crippen LogP contribution in [0.5, 0.6) is 11.5 Å². The zero-order valence-electron chi connectivity index (χ0n) is 15.2. The molecule has 0 atom stereocenters. The van der Waals surface area contributed by atoms with Crippen LogP contribution < -0.4 is 14.8 Å². The number of esters is 1. The monoisotopic (exact) mass is 359 g/mol. The van der Waals surface area contributed by atoms with Crippen LogP contribution in [0.2, 0.25) is 0 Å². The number of ether oxygens (including phenoxy) is 3. The van der Waals surface area contributed by atoms with Crippen LogP contribution in [0.1, 0.15) is 32.3 Å². The van der Waals surface area contributed by atoms with Crippen LogP contribution in [0.4, 0.5) is 0 Å². The fraction of sp³-hybridized carbons (Fsp3) is 0.400. The number of benzene rings is 1. The van der Waals surface area contributed by atoms with Gasteiger partial charge in [-0.1, -0.05) is 25.3 Å². The molecule has 0 unspecified atom stereocenters. The third kappa shape index (κ3) is 8.25. The van der Waals surface area contributed by atoms with Crippen LogP contribution in [-0.4, -0.2) is 38.2 Å². The molecule has 0 bridgehead atoms. The van der Waals surface area contributed by atoms with E-state index in [2.05, 4.69) is 18.2 Å². The number of carbonyl (C=O) groups is 2. The first kappa shape index (κ1) is 21.1. The summed E-state index contributed by atoms with van der Waals surface area (Å²) in [6.07, 6.45) is 9.87. The van der Waals surface area contributed by atoms with Crippen LogP contribution in [0.25, 0.3) is 6.08 Å². The van der Waals surface area contributed by atoms with Gasteiger partial charge in [-0.3, -0.25) is 4.79 Å². The SMILES string of the molecule is C#CCNC(=O)COC(=O)/C=C/c1ccc(OCCCC)c(OCC)c1. The van der Waals surface area contributed by atoms with Crippen molar-refractivity contribution in [2.75, 3.05) is 26.4 Å². The lowest BCUT2D eigenvalue weighted by molar-refractivity contribution is -0.143. The Bertz CT molecular complexity index is 661. The molecule has 6 heteroatoms. The zero-order chi connectivity index (χ0) is 19.2. The van der Waals surface area contributed by atoms with Crippen molar-refractivity contribution in [2.24, 2.45) is 0 Å². The van der Waals surface area contributed by atoms with E-state index in [1.165, 1.54) is 6.08 Å². The lowest BCUT2D eigenvalue weighted by Gasteiger charge is -2.12. The molecule has 0 aromatic heterocycles. The highest BCUT2D eigenvalue weighted by molar-refractivity contribution is 5.89. The topological polar surface area (TPSA) is 73.9 Å². The molecule has 0 saturated heterocycles. The number of hydrogen-bond donors (Lipinski definition) is 1. The van der Waals surface area contributed by atoms with Gasteiger partial charge in [-0.15, -0.1) is 6.42 Å². The Hall–Kier alpha value is -2.94. The average Bonchev–Trinajstić information content (AvgIpc) is 2.64. The van der Waals surface area contributed by atoms with Crippen molar-refractivity contribution in [3.8, 4) is 23.8 Å². The molecule has 0 aliphatic carbocycles. The highest BCUT2D eigenvalue weighted by Gasteiger charge is 2.07. The average molecular weight is 359 g/mol. The van der Waals surface area contributed by atoms with E-state index in [-0.39, 0.29) is 13.2 Å². The molecule has 1 rings (SSSR count). The molecular weight excluding hydrogens is 334 g/mol. The molecule has 1 aromatic rings. The lowest BCUT2D eigenvalue weighted by Crippen LogP contribution is -2.28. The molecule has 1 aromatic carbocycles. The maximum atomic E-state index is 11.7. The number of rotatable bonds is 11. The molecule has 0 radical (unpaired) electrons. The summed E-state index contributed by atoms with van der Waals surface area (Å²) in [6.45, 7) is 4.84.